The standard InChI is InChI=1S/C18H28N2O/c1-4-8-18(9-11-19-12-10-18)17(21)20-15(3)16-7-5-6-14(2)13-16/h5-7,13,15,19H,4,8-12H2,1-3H3,(H,20,21)/t15-/m1/s1. The number of amides is 1. The Morgan fingerprint density at radius 3 is 2.71 bits per heavy atom. The quantitative estimate of drug-likeness (QED) is 0.872. The lowest BCUT2D eigenvalue weighted by atomic mass is 9.74. The first kappa shape index (κ1) is 16.0. The summed E-state index contributed by atoms with van der Waals surface area (Å²) in [6.45, 7) is 8.23. The van der Waals surface area contributed by atoms with Crippen LogP contribution in [-0.2, 0) is 4.79 Å². The van der Waals surface area contributed by atoms with Gasteiger partial charge < -0.3 is 10.6 Å². The highest BCUT2D eigenvalue weighted by Gasteiger charge is 2.38. The van der Waals surface area contributed by atoms with Gasteiger partial charge in [0.2, 0.25) is 5.91 Å². The Kier molecular flexibility index (Phi) is 5.40. The van der Waals surface area contributed by atoms with Crippen LogP contribution in [-0.4, -0.2) is 19.0 Å². The number of aryl methyl sites for hydroxylation is 1. The van der Waals surface area contributed by atoms with E-state index < -0.39 is 0 Å². The van der Waals surface area contributed by atoms with Gasteiger partial charge >= 0.3 is 0 Å². The molecule has 1 atom stereocenters. The van der Waals surface area contributed by atoms with Gasteiger partial charge in [0, 0.05) is 0 Å². The monoisotopic (exact) mass is 288 g/mol. The van der Waals surface area contributed by atoms with Gasteiger partial charge in [0.1, 0.15) is 0 Å². The van der Waals surface area contributed by atoms with Crippen molar-refractivity contribution in [2.24, 2.45) is 5.41 Å². The van der Waals surface area contributed by atoms with Gasteiger partial charge in [-0.25, -0.2) is 0 Å². The summed E-state index contributed by atoms with van der Waals surface area (Å²) < 4.78 is 0. The lowest BCUT2D eigenvalue weighted by Crippen LogP contribution is -2.48. The smallest absolute Gasteiger partial charge is 0.226 e. The van der Waals surface area contributed by atoms with E-state index in [9.17, 15) is 4.79 Å². The zero-order chi connectivity index (χ0) is 15.3. The number of piperidine rings is 1. The van der Waals surface area contributed by atoms with Crippen molar-refractivity contribution in [3.05, 3.63) is 35.4 Å². The number of rotatable bonds is 5. The predicted octanol–water partition coefficient (Wildman–Crippen LogP) is 3.34. The van der Waals surface area contributed by atoms with Crippen molar-refractivity contribution in [1.29, 1.82) is 0 Å². The van der Waals surface area contributed by atoms with E-state index >= 15 is 0 Å². The molecule has 1 aromatic carbocycles. The molecule has 0 aliphatic carbocycles. The molecule has 0 bridgehead atoms. The highest BCUT2D eigenvalue weighted by atomic mass is 16.2. The van der Waals surface area contributed by atoms with Gasteiger partial charge in [0.15, 0.2) is 0 Å². The topological polar surface area (TPSA) is 41.1 Å². The first-order valence-corrected chi connectivity index (χ1v) is 8.16. The molecule has 21 heavy (non-hydrogen) atoms. The molecule has 1 aliphatic heterocycles. The van der Waals surface area contributed by atoms with Crippen molar-refractivity contribution in [2.75, 3.05) is 13.1 Å². The average Bonchev–Trinajstić information content (AvgIpc) is 2.48. The fourth-order valence-electron chi connectivity index (χ4n) is 3.35. The molecule has 1 amide bonds. The highest BCUT2D eigenvalue weighted by molar-refractivity contribution is 5.83. The van der Waals surface area contributed by atoms with Gasteiger partial charge in [-0.3, -0.25) is 4.79 Å². The molecule has 1 saturated heterocycles. The molecule has 2 rings (SSSR count). The van der Waals surface area contributed by atoms with Crippen molar-refractivity contribution in [3.8, 4) is 0 Å². The second-order valence-electron chi connectivity index (χ2n) is 6.39. The summed E-state index contributed by atoms with van der Waals surface area (Å²) in [6, 6.07) is 8.46. The summed E-state index contributed by atoms with van der Waals surface area (Å²) in [6.07, 6.45) is 3.95. The van der Waals surface area contributed by atoms with Crippen molar-refractivity contribution in [2.45, 2.75) is 52.5 Å². The van der Waals surface area contributed by atoms with Crippen LogP contribution in [0.1, 0.15) is 56.7 Å². The van der Waals surface area contributed by atoms with Crippen LogP contribution in [0.3, 0.4) is 0 Å². The summed E-state index contributed by atoms with van der Waals surface area (Å²) in [5.41, 5.74) is 2.25. The van der Waals surface area contributed by atoms with E-state index in [1.54, 1.807) is 0 Å². The first-order valence-electron chi connectivity index (χ1n) is 8.16. The zero-order valence-electron chi connectivity index (χ0n) is 13.5. The summed E-state index contributed by atoms with van der Waals surface area (Å²) in [7, 11) is 0. The fraction of sp³-hybridized carbons (Fsp3) is 0.611. The van der Waals surface area contributed by atoms with Crippen LogP contribution >= 0.6 is 0 Å². The molecule has 0 radical (unpaired) electrons. The third kappa shape index (κ3) is 3.85. The molecule has 1 aromatic rings. The Hall–Kier alpha value is -1.35. The number of carbonyl (C=O) groups is 1. The largest absolute Gasteiger partial charge is 0.349 e. The molecule has 0 spiro atoms. The summed E-state index contributed by atoms with van der Waals surface area (Å²) >= 11 is 0. The van der Waals surface area contributed by atoms with Crippen LogP contribution in [0.25, 0.3) is 0 Å². The van der Waals surface area contributed by atoms with Gasteiger partial charge in [-0.05, 0) is 51.8 Å². The molecular formula is C18H28N2O. The van der Waals surface area contributed by atoms with E-state index in [4.69, 9.17) is 0 Å². The van der Waals surface area contributed by atoms with Crippen molar-refractivity contribution < 1.29 is 4.79 Å². The van der Waals surface area contributed by atoms with Crippen LogP contribution in [0.5, 0.6) is 0 Å². The van der Waals surface area contributed by atoms with Crippen LogP contribution in [0, 0.1) is 12.3 Å². The van der Waals surface area contributed by atoms with E-state index in [0.29, 0.717) is 0 Å². The SMILES string of the molecule is CCCC1(C(=O)N[C@H](C)c2cccc(C)c2)CCNCC1. The Morgan fingerprint density at radius 1 is 1.38 bits per heavy atom. The van der Waals surface area contributed by atoms with Crippen LogP contribution in [0.2, 0.25) is 0 Å². The molecule has 0 saturated carbocycles. The molecule has 3 nitrogen and oxygen atoms in total. The first-order chi connectivity index (χ1) is 10.1. The molecule has 0 unspecified atom stereocenters. The van der Waals surface area contributed by atoms with Crippen LogP contribution in [0.4, 0.5) is 0 Å². The Bertz CT molecular complexity index is 472. The second kappa shape index (κ2) is 7.08. The normalized spacial score (nSPS) is 19.0. The predicted molar refractivity (Wildman–Crippen MR) is 87.2 cm³/mol. The van der Waals surface area contributed by atoms with Crippen LogP contribution in [0.15, 0.2) is 24.3 Å². The Labute approximate surface area is 128 Å². The Morgan fingerprint density at radius 2 is 2.10 bits per heavy atom. The number of carbonyl (C=O) groups excluding carboxylic acids is 1. The van der Waals surface area contributed by atoms with Crippen molar-refractivity contribution >= 4 is 5.91 Å². The highest BCUT2D eigenvalue weighted by Crippen LogP contribution is 2.35. The maximum absolute atomic E-state index is 12.8. The summed E-state index contributed by atoms with van der Waals surface area (Å²) in [5, 5.41) is 6.62. The minimum atomic E-state index is -0.169. The minimum Gasteiger partial charge on any atom is -0.349 e. The van der Waals surface area contributed by atoms with E-state index in [-0.39, 0.29) is 17.4 Å². The molecule has 116 valence electrons. The average molecular weight is 288 g/mol. The lowest BCUT2D eigenvalue weighted by Gasteiger charge is -2.37. The Balaban J connectivity index is 2.07. The van der Waals surface area contributed by atoms with Gasteiger partial charge in [0.05, 0.1) is 11.5 Å². The maximum atomic E-state index is 12.8. The number of nitrogens with one attached hydrogen (secondary N) is 2. The summed E-state index contributed by atoms with van der Waals surface area (Å²) in [4.78, 5) is 12.8. The van der Waals surface area contributed by atoms with Crippen molar-refractivity contribution in [1.82, 2.24) is 10.6 Å². The van der Waals surface area contributed by atoms with Gasteiger partial charge in [-0.1, -0.05) is 43.2 Å². The minimum absolute atomic E-state index is 0.0704. The molecule has 1 fully saturated rings. The molecule has 3 heteroatoms. The van der Waals surface area contributed by atoms with E-state index in [1.165, 1.54) is 11.1 Å². The number of benzene rings is 1. The van der Waals surface area contributed by atoms with Gasteiger partial charge in [0.25, 0.3) is 0 Å². The third-order valence-corrected chi connectivity index (χ3v) is 4.66. The summed E-state index contributed by atoms with van der Waals surface area (Å²) in [5.74, 6) is 0.236. The molecular weight excluding hydrogens is 260 g/mol. The lowest BCUT2D eigenvalue weighted by molar-refractivity contribution is -0.133. The van der Waals surface area contributed by atoms with Gasteiger partial charge in [-0.15, -0.1) is 0 Å². The van der Waals surface area contributed by atoms with Gasteiger partial charge in [-0.2, -0.15) is 0 Å². The third-order valence-electron chi connectivity index (χ3n) is 4.66. The zero-order valence-corrected chi connectivity index (χ0v) is 13.5. The number of hydrogen-bond acceptors (Lipinski definition) is 2. The van der Waals surface area contributed by atoms with Crippen LogP contribution < -0.4 is 10.6 Å². The fourth-order valence-corrected chi connectivity index (χ4v) is 3.35. The van der Waals surface area contributed by atoms with E-state index in [0.717, 1.165) is 38.8 Å². The second-order valence-corrected chi connectivity index (χ2v) is 6.39. The van der Waals surface area contributed by atoms with Crippen molar-refractivity contribution in [3.63, 3.8) is 0 Å². The molecule has 1 heterocycles. The van der Waals surface area contributed by atoms with E-state index in [2.05, 4.69) is 55.7 Å². The molecule has 2 N–H and O–H groups in total. The van der Waals surface area contributed by atoms with E-state index in [1.807, 2.05) is 0 Å². The molecule has 1 aliphatic rings. The molecule has 0 aromatic heterocycles. The maximum Gasteiger partial charge on any atom is 0.226 e. The number of hydrogen-bond donors (Lipinski definition) is 2.